The summed E-state index contributed by atoms with van der Waals surface area (Å²) in [5, 5.41) is 6.85. The lowest BCUT2D eigenvalue weighted by atomic mass is 10.0. The fourth-order valence-electron chi connectivity index (χ4n) is 3.67. The first kappa shape index (κ1) is 23.6. The van der Waals surface area contributed by atoms with E-state index < -0.39 is 12.1 Å². The van der Waals surface area contributed by atoms with E-state index in [0.29, 0.717) is 34.5 Å². The van der Waals surface area contributed by atoms with Crippen LogP contribution in [0.25, 0.3) is 21.7 Å². The van der Waals surface area contributed by atoms with E-state index in [1.807, 2.05) is 43.3 Å². The molecule has 0 aliphatic rings. The van der Waals surface area contributed by atoms with Crippen LogP contribution in [0.3, 0.4) is 0 Å². The van der Waals surface area contributed by atoms with Crippen molar-refractivity contribution in [2.45, 2.75) is 33.3 Å². The van der Waals surface area contributed by atoms with Gasteiger partial charge in [0.1, 0.15) is 11.6 Å². The molecule has 0 amide bonds. The van der Waals surface area contributed by atoms with Gasteiger partial charge in [-0.2, -0.15) is 9.78 Å². The van der Waals surface area contributed by atoms with Gasteiger partial charge in [0.05, 0.1) is 23.7 Å². The molecule has 0 unspecified atom stereocenters. The van der Waals surface area contributed by atoms with E-state index in [-0.39, 0.29) is 12.2 Å². The number of carbonyl (C=O) groups excluding carboxylic acids is 1. The second kappa shape index (κ2) is 10.2. The molecule has 0 radical (unpaired) electrons. The van der Waals surface area contributed by atoms with Gasteiger partial charge < -0.3 is 9.47 Å². The molecule has 4 aromatic rings. The van der Waals surface area contributed by atoms with Gasteiger partial charge in [-0.05, 0) is 48.9 Å². The van der Waals surface area contributed by atoms with Gasteiger partial charge in [0.2, 0.25) is 0 Å². The maximum Gasteiger partial charge on any atom is 0.347 e. The Labute approximate surface area is 205 Å². The Kier molecular flexibility index (Phi) is 7.07. The van der Waals surface area contributed by atoms with Crippen LogP contribution in [0.1, 0.15) is 32.2 Å². The summed E-state index contributed by atoms with van der Waals surface area (Å²) in [6.07, 6.45) is 1.31. The van der Waals surface area contributed by atoms with Crippen LogP contribution in [0.15, 0.2) is 69.0 Å². The first-order valence-corrected chi connectivity index (χ1v) is 11.8. The molecule has 0 aliphatic heterocycles. The number of aromatic nitrogens is 2. The number of hydrogen-bond donors (Lipinski definition) is 0. The number of nitrogens with zero attached hydrogens (tertiary/aromatic N) is 3. The van der Waals surface area contributed by atoms with E-state index in [4.69, 9.17) is 9.47 Å². The third-order valence-corrected chi connectivity index (χ3v) is 5.84. The van der Waals surface area contributed by atoms with Gasteiger partial charge in [-0.25, -0.2) is 9.78 Å². The molecule has 0 saturated carbocycles. The fraction of sp³-hybridized carbons (Fsp3) is 0.231. The molecule has 1 heterocycles. The summed E-state index contributed by atoms with van der Waals surface area (Å²) in [5.74, 6) is 0.552. The summed E-state index contributed by atoms with van der Waals surface area (Å²) >= 11 is 3.42. The number of hydrogen-bond acceptors (Lipinski definition) is 6. The lowest BCUT2D eigenvalue weighted by Gasteiger charge is -2.16. The van der Waals surface area contributed by atoms with Crippen LogP contribution in [0, 0.1) is 0 Å². The number of halogens is 1. The average molecular weight is 522 g/mol. The molecule has 0 N–H and O–H groups in total. The Hall–Kier alpha value is -3.52. The zero-order chi connectivity index (χ0) is 24.2. The molecular weight excluding hydrogens is 498 g/mol. The largest absolute Gasteiger partial charge is 0.478 e. The van der Waals surface area contributed by atoms with Gasteiger partial charge in [-0.1, -0.05) is 53.2 Å². The molecule has 3 aromatic carbocycles. The molecule has 0 bridgehead atoms. The monoisotopic (exact) mass is 521 g/mol. The molecule has 0 aliphatic carbocycles. The third kappa shape index (κ3) is 4.72. The quantitative estimate of drug-likeness (QED) is 0.250. The Morgan fingerprint density at radius 2 is 1.94 bits per heavy atom. The minimum atomic E-state index is -0.804. The number of carbonyl (C=O) groups is 1. The van der Waals surface area contributed by atoms with Crippen LogP contribution in [0.4, 0.5) is 0 Å². The molecule has 174 valence electrons. The van der Waals surface area contributed by atoms with Crippen molar-refractivity contribution < 1.29 is 14.3 Å². The van der Waals surface area contributed by atoms with Crippen LogP contribution in [-0.4, -0.2) is 34.6 Å². The van der Waals surface area contributed by atoms with Crippen LogP contribution >= 0.6 is 15.9 Å². The van der Waals surface area contributed by atoms with Crippen LogP contribution in [0.5, 0.6) is 5.75 Å². The SMILES string of the molecule is CCOC(=O)[C@H](C)Oc1ccc2ccccc2c1C=Nn1c(CC)nc2ccc(Br)cc2c1=O. The van der Waals surface area contributed by atoms with Crippen molar-refractivity contribution in [1.82, 2.24) is 9.66 Å². The number of esters is 1. The number of fused-ring (bicyclic) bond motifs is 2. The van der Waals surface area contributed by atoms with Crippen molar-refractivity contribution in [3.05, 3.63) is 80.8 Å². The first-order chi connectivity index (χ1) is 16.4. The van der Waals surface area contributed by atoms with E-state index in [1.165, 1.54) is 4.68 Å². The van der Waals surface area contributed by atoms with Gasteiger partial charge in [-0.3, -0.25) is 4.79 Å². The lowest BCUT2D eigenvalue weighted by Crippen LogP contribution is -2.26. The van der Waals surface area contributed by atoms with Gasteiger partial charge >= 0.3 is 5.97 Å². The van der Waals surface area contributed by atoms with Crippen molar-refractivity contribution in [2.24, 2.45) is 5.10 Å². The van der Waals surface area contributed by atoms with Gasteiger partial charge in [0.25, 0.3) is 5.56 Å². The smallest absolute Gasteiger partial charge is 0.347 e. The van der Waals surface area contributed by atoms with Crippen LogP contribution < -0.4 is 10.3 Å². The fourth-order valence-corrected chi connectivity index (χ4v) is 4.03. The molecule has 0 fully saturated rings. The van der Waals surface area contributed by atoms with E-state index in [2.05, 4.69) is 26.0 Å². The second-order valence-electron chi connectivity index (χ2n) is 7.62. The van der Waals surface area contributed by atoms with Crippen molar-refractivity contribution in [2.75, 3.05) is 6.61 Å². The number of ether oxygens (including phenoxy) is 2. The molecule has 7 nitrogen and oxygen atoms in total. The topological polar surface area (TPSA) is 82.8 Å². The zero-order valence-corrected chi connectivity index (χ0v) is 20.7. The van der Waals surface area contributed by atoms with E-state index in [1.54, 1.807) is 38.3 Å². The second-order valence-corrected chi connectivity index (χ2v) is 8.53. The van der Waals surface area contributed by atoms with Gasteiger partial charge in [-0.15, -0.1) is 0 Å². The standard InChI is InChI=1S/C26H24BrN3O4/c1-4-24-29-22-12-11-18(27)14-20(22)25(31)30(24)28-15-21-19-9-7-6-8-17(19)10-13-23(21)34-16(3)26(32)33-5-2/h6-16H,4-5H2,1-3H3/t16-/m0/s1. The number of aryl methyl sites for hydroxylation is 1. The van der Waals surface area contributed by atoms with Gasteiger partial charge in [0, 0.05) is 16.5 Å². The van der Waals surface area contributed by atoms with Crippen molar-refractivity contribution in [3.8, 4) is 5.75 Å². The molecule has 4 rings (SSSR count). The normalized spacial score (nSPS) is 12.4. The van der Waals surface area contributed by atoms with Crippen LogP contribution in [-0.2, 0) is 16.0 Å². The maximum absolute atomic E-state index is 13.3. The van der Waals surface area contributed by atoms with Crippen LogP contribution in [0.2, 0.25) is 0 Å². The third-order valence-electron chi connectivity index (χ3n) is 5.35. The van der Waals surface area contributed by atoms with Crippen molar-refractivity contribution in [1.29, 1.82) is 0 Å². The molecule has 0 spiro atoms. The Balaban J connectivity index is 1.85. The molecule has 1 atom stereocenters. The molecular formula is C26H24BrN3O4. The summed E-state index contributed by atoms with van der Waals surface area (Å²) in [5.41, 5.74) is 1.01. The number of benzene rings is 3. The highest BCUT2D eigenvalue weighted by Crippen LogP contribution is 2.28. The Bertz CT molecular complexity index is 1460. The molecule has 0 saturated heterocycles. The van der Waals surface area contributed by atoms with E-state index in [0.717, 1.165) is 15.2 Å². The minimum Gasteiger partial charge on any atom is -0.478 e. The Morgan fingerprint density at radius 1 is 1.15 bits per heavy atom. The molecule has 1 aromatic heterocycles. The molecule has 8 heteroatoms. The predicted octanol–water partition coefficient (Wildman–Crippen LogP) is 5.09. The van der Waals surface area contributed by atoms with E-state index >= 15 is 0 Å². The average Bonchev–Trinajstić information content (AvgIpc) is 2.84. The summed E-state index contributed by atoms with van der Waals surface area (Å²) in [6, 6.07) is 16.9. The highest BCUT2D eigenvalue weighted by atomic mass is 79.9. The van der Waals surface area contributed by atoms with Gasteiger partial charge in [0.15, 0.2) is 6.10 Å². The van der Waals surface area contributed by atoms with E-state index in [9.17, 15) is 9.59 Å². The van der Waals surface area contributed by atoms with Crippen molar-refractivity contribution in [3.63, 3.8) is 0 Å². The predicted molar refractivity (Wildman–Crippen MR) is 137 cm³/mol. The summed E-state index contributed by atoms with van der Waals surface area (Å²) in [7, 11) is 0. The highest BCUT2D eigenvalue weighted by Gasteiger charge is 2.18. The molecule has 34 heavy (non-hydrogen) atoms. The number of rotatable bonds is 7. The highest BCUT2D eigenvalue weighted by molar-refractivity contribution is 9.10. The summed E-state index contributed by atoms with van der Waals surface area (Å²) < 4.78 is 13.1. The first-order valence-electron chi connectivity index (χ1n) is 11.0. The zero-order valence-electron chi connectivity index (χ0n) is 19.1. The summed E-state index contributed by atoms with van der Waals surface area (Å²) in [6.45, 7) is 5.58. The summed E-state index contributed by atoms with van der Waals surface area (Å²) in [4.78, 5) is 30.0. The minimum absolute atomic E-state index is 0.262. The van der Waals surface area contributed by atoms with Crippen molar-refractivity contribution >= 4 is 49.8 Å². The Morgan fingerprint density at radius 3 is 2.71 bits per heavy atom. The maximum atomic E-state index is 13.3. The lowest BCUT2D eigenvalue weighted by molar-refractivity contribution is -0.150.